The molecule has 3 aliphatic heterocycles. The second-order valence-electron chi connectivity index (χ2n) is 29.7. The van der Waals surface area contributed by atoms with E-state index in [9.17, 15) is 0 Å². The maximum absolute atomic E-state index is 2.85. The molecule has 15 rings (SSSR count). The minimum absolute atomic E-state index is 0.0115. The fraction of sp³-hybridized carbons (Fsp3) is 0.368. The zero-order valence-electron chi connectivity index (χ0n) is 50.4. The summed E-state index contributed by atoms with van der Waals surface area (Å²) < 4.78 is 2.68. The molecule has 0 radical (unpaired) electrons. The number of hydrogen-bond acceptors (Lipinski definition) is 4. The van der Waals surface area contributed by atoms with Gasteiger partial charge in [0.2, 0.25) is 0 Å². The molecule has 4 heterocycles. The SMILES string of the molecule is CC(C)(C)c1ccc(N2c3cc(N4c5ccccc5C5(C)CCCCC45C)cc4c3B(c3cc5c(cc3N4c3ccc4c(c3)C(C)(C)CCC4(C)C)C(C)(C)CCC5(C)C)c3ccc4c(sc5ccccc54)c32)c(-c2ccccc2)c1. The lowest BCUT2D eigenvalue weighted by Crippen LogP contribution is -2.62. The molecule has 0 saturated heterocycles. The van der Waals surface area contributed by atoms with Crippen LogP contribution >= 0.6 is 11.3 Å². The number of fused-ring (bicyclic) bond motifs is 13. The minimum atomic E-state index is -0.150. The van der Waals surface area contributed by atoms with Gasteiger partial charge in [-0.15, -0.1) is 11.3 Å². The third-order valence-corrected chi connectivity index (χ3v) is 23.3. The van der Waals surface area contributed by atoms with E-state index in [2.05, 4.69) is 256 Å². The molecule has 408 valence electrons. The Morgan fingerprint density at radius 1 is 0.444 bits per heavy atom. The molecule has 1 fully saturated rings. The molecule has 81 heavy (non-hydrogen) atoms. The monoisotopic (exact) mass is 1080 g/mol. The fourth-order valence-corrected chi connectivity index (χ4v) is 18.1. The van der Waals surface area contributed by atoms with Crippen LogP contribution in [-0.2, 0) is 32.5 Å². The van der Waals surface area contributed by atoms with E-state index in [1.54, 1.807) is 0 Å². The molecular weight excluding hydrogens is 998 g/mol. The van der Waals surface area contributed by atoms with Gasteiger partial charge < -0.3 is 14.7 Å². The van der Waals surface area contributed by atoms with Gasteiger partial charge in [-0.1, -0.05) is 193 Å². The predicted molar refractivity (Wildman–Crippen MR) is 351 cm³/mol. The van der Waals surface area contributed by atoms with Crippen molar-refractivity contribution in [3.05, 3.63) is 185 Å². The van der Waals surface area contributed by atoms with Gasteiger partial charge in [-0.05, 0) is 182 Å². The first-order valence-corrected chi connectivity index (χ1v) is 31.5. The van der Waals surface area contributed by atoms with E-state index >= 15 is 0 Å². The van der Waals surface area contributed by atoms with Crippen molar-refractivity contribution in [1.82, 2.24) is 0 Å². The van der Waals surface area contributed by atoms with Crippen LogP contribution in [0.2, 0.25) is 0 Å². The third-order valence-electron chi connectivity index (χ3n) is 22.1. The number of hydrogen-bond donors (Lipinski definition) is 0. The first-order chi connectivity index (χ1) is 38.5. The van der Waals surface area contributed by atoms with Crippen molar-refractivity contribution in [1.29, 1.82) is 0 Å². The molecule has 2 atom stereocenters. The van der Waals surface area contributed by atoms with Crippen molar-refractivity contribution < 1.29 is 0 Å². The van der Waals surface area contributed by atoms with Crippen LogP contribution in [0.25, 0.3) is 31.3 Å². The van der Waals surface area contributed by atoms with Gasteiger partial charge in [-0.25, -0.2) is 0 Å². The summed E-state index contributed by atoms with van der Waals surface area (Å²) >= 11 is 1.98. The Morgan fingerprint density at radius 3 is 1.80 bits per heavy atom. The normalized spacial score (nSPS) is 22.4. The molecule has 1 saturated carbocycles. The van der Waals surface area contributed by atoms with Crippen molar-refractivity contribution in [2.24, 2.45) is 0 Å². The lowest BCUT2D eigenvalue weighted by molar-refractivity contribution is 0.195. The van der Waals surface area contributed by atoms with Gasteiger partial charge in [0.05, 0.1) is 21.6 Å². The molecule has 0 N–H and O–H groups in total. The lowest BCUT2D eigenvalue weighted by atomic mass is 9.33. The fourth-order valence-electron chi connectivity index (χ4n) is 16.8. The molecule has 0 amide bonds. The van der Waals surface area contributed by atoms with Crippen LogP contribution in [0.1, 0.15) is 175 Å². The van der Waals surface area contributed by atoms with Crippen molar-refractivity contribution in [2.75, 3.05) is 14.7 Å². The molecule has 2 unspecified atom stereocenters. The Hall–Kier alpha value is -6.56. The number of para-hydroxylation sites is 1. The van der Waals surface area contributed by atoms with E-state index in [1.165, 1.54) is 152 Å². The van der Waals surface area contributed by atoms with Crippen LogP contribution in [0.15, 0.2) is 152 Å². The van der Waals surface area contributed by atoms with Crippen LogP contribution < -0.4 is 31.1 Å². The van der Waals surface area contributed by atoms with E-state index in [0.29, 0.717) is 0 Å². The Kier molecular flexibility index (Phi) is 10.8. The van der Waals surface area contributed by atoms with Crippen molar-refractivity contribution in [3.8, 4) is 11.1 Å². The van der Waals surface area contributed by atoms with Crippen LogP contribution in [0, 0.1) is 0 Å². The predicted octanol–water partition coefficient (Wildman–Crippen LogP) is 19.5. The summed E-state index contributed by atoms with van der Waals surface area (Å²) in [4.78, 5) is 8.43. The van der Waals surface area contributed by atoms with Gasteiger partial charge in [0.15, 0.2) is 0 Å². The summed E-state index contributed by atoms with van der Waals surface area (Å²) in [6.45, 7) is 32.3. The Labute approximate surface area is 487 Å². The highest BCUT2D eigenvalue weighted by atomic mass is 32.1. The highest BCUT2D eigenvalue weighted by molar-refractivity contribution is 7.26. The summed E-state index contributed by atoms with van der Waals surface area (Å²) in [6, 6.07) is 60.9. The topological polar surface area (TPSA) is 9.72 Å². The average molecular weight is 1080 g/mol. The van der Waals surface area contributed by atoms with E-state index in [-0.39, 0.29) is 44.7 Å². The molecule has 9 aromatic rings. The second-order valence-corrected chi connectivity index (χ2v) is 30.8. The van der Waals surface area contributed by atoms with Gasteiger partial charge >= 0.3 is 0 Å². The van der Waals surface area contributed by atoms with Crippen LogP contribution in [0.5, 0.6) is 0 Å². The number of rotatable bonds is 4. The highest BCUT2D eigenvalue weighted by Gasteiger charge is 2.58. The van der Waals surface area contributed by atoms with Crippen molar-refractivity contribution >= 4 is 100 Å². The third kappa shape index (κ3) is 7.18. The maximum Gasteiger partial charge on any atom is 0.252 e. The van der Waals surface area contributed by atoms with Gasteiger partial charge in [0.1, 0.15) is 0 Å². The zero-order valence-corrected chi connectivity index (χ0v) is 51.2. The van der Waals surface area contributed by atoms with E-state index in [0.717, 1.165) is 25.7 Å². The summed E-state index contributed by atoms with van der Waals surface area (Å²) in [5.74, 6) is 0. The maximum atomic E-state index is 2.85. The number of thiophene rings is 1. The largest absolute Gasteiger partial charge is 0.334 e. The van der Waals surface area contributed by atoms with Gasteiger partial charge in [0, 0.05) is 60.6 Å². The van der Waals surface area contributed by atoms with Gasteiger partial charge in [-0.2, -0.15) is 0 Å². The molecule has 8 aromatic carbocycles. The Balaban J connectivity index is 1.13. The van der Waals surface area contributed by atoms with E-state index in [4.69, 9.17) is 0 Å². The Morgan fingerprint density at radius 2 is 1.07 bits per heavy atom. The smallest absolute Gasteiger partial charge is 0.252 e. The molecule has 3 aliphatic carbocycles. The summed E-state index contributed by atoms with van der Waals surface area (Å²) in [7, 11) is 0. The van der Waals surface area contributed by atoms with E-state index < -0.39 is 0 Å². The Bertz CT molecular complexity index is 4130. The molecular formula is C76H80BN3S. The first kappa shape index (κ1) is 51.3. The van der Waals surface area contributed by atoms with E-state index in [1.807, 2.05) is 11.3 Å². The molecule has 1 aromatic heterocycles. The standard InChI is InChI=1S/C76H80BN3S/c1-70(2,3)48-29-34-61(53(41-48)47-23-15-14-16-24-47)79-65-44-50(80-62-27-19-18-26-55(62)75(12)35-21-22-36-76(75,80)13)43-64-67(65)77(59-33-31-52-51-25-17-20-28-66(51)81-69(52)68(59)79)60-45-57-58(74(10,11)40-39-73(57,8)9)46-63(60)78(64)49-30-32-54-56(42-49)72(6,7)38-37-71(54,4)5/h14-20,23-34,41-46H,21-22,35-40H2,1-13H3. The summed E-state index contributed by atoms with van der Waals surface area (Å²) in [6.07, 6.45) is 9.46. The molecule has 0 bridgehead atoms. The van der Waals surface area contributed by atoms with Gasteiger partial charge in [0.25, 0.3) is 6.71 Å². The highest BCUT2D eigenvalue weighted by Crippen LogP contribution is 2.63. The molecule has 6 aliphatic rings. The van der Waals surface area contributed by atoms with Crippen molar-refractivity contribution in [3.63, 3.8) is 0 Å². The second kappa shape index (κ2) is 17.0. The average Bonchev–Trinajstić information content (AvgIpc) is 3.77. The van der Waals surface area contributed by atoms with Crippen LogP contribution in [0.4, 0.5) is 45.5 Å². The number of nitrogens with zero attached hydrogens (tertiary/aromatic N) is 3. The number of benzene rings is 8. The minimum Gasteiger partial charge on any atom is -0.334 e. The zero-order chi connectivity index (χ0) is 56.1. The first-order valence-electron chi connectivity index (χ1n) is 30.7. The summed E-state index contributed by atoms with van der Waals surface area (Å²) in [5, 5.41) is 2.66. The summed E-state index contributed by atoms with van der Waals surface area (Å²) in [5.41, 5.74) is 25.8. The molecule has 0 spiro atoms. The number of anilines is 8. The van der Waals surface area contributed by atoms with Crippen LogP contribution in [0.3, 0.4) is 0 Å². The molecule has 3 nitrogen and oxygen atoms in total. The van der Waals surface area contributed by atoms with Crippen molar-refractivity contribution in [2.45, 2.75) is 179 Å². The van der Waals surface area contributed by atoms with Gasteiger partial charge in [-0.3, -0.25) is 0 Å². The lowest BCUT2D eigenvalue weighted by Gasteiger charge is -2.51. The quantitative estimate of drug-likeness (QED) is 0.163. The van der Waals surface area contributed by atoms with Crippen LogP contribution in [-0.4, -0.2) is 12.3 Å². The molecule has 5 heteroatoms.